The van der Waals surface area contributed by atoms with Gasteiger partial charge < -0.3 is 9.47 Å². The zero-order valence-corrected chi connectivity index (χ0v) is 8.21. The van der Waals surface area contributed by atoms with Gasteiger partial charge in [0.05, 0.1) is 6.61 Å². The van der Waals surface area contributed by atoms with Crippen LogP contribution in [0.4, 0.5) is 0 Å². The summed E-state index contributed by atoms with van der Waals surface area (Å²) in [6, 6.07) is 0. The molecule has 0 aromatic rings. The molecule has 0 saturated heterocycles. The summed E-state index contributed by atoms with van der Waals surface area (Å²) < 4.78 is 10.5. The van der Waals surface area contributed by atoms with Crippen molar-refractivity contribution in [3.63, 3.8) is 0 Å². The zero-order valence-electron chi connectivity index (χ0n) is 8.21. The topological polar surface area (TPSA) is 35.5 Å². The van der Waals surface area contributed by atoms with E-state index in [2.05, 4.69) is 0 Å². The molecule has 0 radical (unpaired) electrons. The molecule has 3 nitrogen and oxygen atoms in total. The summed E-state index contributed by atoms with van der Waals surface area (Å²) in [7, 11) is 0. The van der Waals surface area contributed by atoms with Crippen molar-refractivity contribution >= 4 is 5.78 Å². The predicted octanol–water partition coefficient (Wildman–Crippen LogP) is 1.67. The van der Waals surface area contributed by atoms with Gasteiger partial charge in [-0.25, -0.2) is 0 Å². The van der Waals surface area contributed by atoms with Crippen LogP contribution in [0.3, 0.4) is 0 Å². The molecule has 0 aromatic carbocycles. The fraction of sp³-hybridized carbons (Fsp3) is 0.700. The average Bonchev–Trinajstić information content (AvgIpc) is 2.65. The van der Waals surface area contributed by atoms with Gasteiger partial charge in [-0.15, -0.1) is 0 Å². The summed E-state index contributed by atoms with van der Waals surface area (Å²) in [4.78, 5) is 11.6. The van der Waals surface area contributed by atoms with Gasteiger partial charge in [-0.05, 0) is 19.4 Å². The van der Waals surface area contributed by atoms with E-state index in [1.807, 2.05) is 19.9 Å². The van der Waals surface area contributed by atoms with Gasteiger partial charge in [0, 0.05) is 13.0 Å². The van der Waals surface area contributed by atoms with Crippen LogP contribution in [0, 0.1) is 0 Å². The molecule has 0 N–H and O–H groups in total. The number of Topliss-reactive ketones (excluding diaryl/α,β-unsaturated/α-hetero) is 1. The minimum atomic E-state index is -0.325. The SMILES string of the molecule is CCOC(CC)C(=O)C1=CCCO1. The second kappa shape index (κ2) is 5.02. The molecule has 0 amide bonds. The van der Waals surface area contributed by atoms with Gasteiger partial charge in [-0.3, -0.25) is 4.79 Å². The van der Waals surface area contributed by atoms with Crippen molar-refractivity contribution in [1.29, 1.82) is 0 Å². The molecule has 1 rings (SSSR count). The Labute approximate surface area is 78.7 Å². The van der Waals surface area contributed by atoms with Crippen molar-refractivity contribution in [2.75, 3.05) is 13.2 Å². The van der Waals surface area contributed by atoms with Crippen LogP contribution in [0.1, 0.15) is 26.7 Å². The fourth-order valence-electron chi connectivity index (χ4n) is 1.33. The van der Waals surface area contributed by atoms with Crippen molar-refractivity contribution in [2.24, 2.45) is 0 Å². The van der Waals surface area contributed by atoms with Gasteiger partial charge in [0.2, 0.25) is 5.78 Å². The Morgan fingerprint density at radius 1 is 1.69 bits per heavy atom. The maximum absolute atomic E-state index is 11.6. The minimum absolute atomic E-state index is 0.0122. The van der Waals surface area contributed by atoms with Crippen molar-refractivity contribution in [3.8, 4) is 0 Å². The van der Waals surface area contributed by atoms with E-state index in [1.165, 1.54) is 0 Å². The Bertz CT molecular complexity index is 208. The first-order valence-corrected chi connectivity index (χ1v) is 4.78. The maximum atomic E-state index is 11.6. The monoisotopic (exact) mass is 184 g/mol. The Morgan fingerprint density at radius 3 is 2.92 bits per heavy atom. The normalized spacial score (nSPS) is 17.8. The first kappa shape index (κ1) is 10.3. The molecule has 0 spiro atoms. The van der Waals surface area contributed by atoms with Crippen molar-refractivity contribution in [3.05, 3.63) is 11.8 Å². The highest BCUT2D eigenvalue weighted by molar-refractivity contribution is 5.97. The van der Waals surface area contributed by atoms with Crippen LogP contribution in [0.25, 0.3) is 0 Å². The molecular formula is C10H16O3. The molecule has 0 aliphatic carbocycles. The van der Waals surface area contributed by atoms with Crippen molar-refractivity contribution < 1.29 is 14.3 Å². The van der Waals surface area contributed by atoms with E-state index in [4.69, 9.17) is 9.47 Å². The van der Waals surface area contributed by atoms with Gasteiger partial charge >= 0.3 is 0 Å². The summed E-state index contributed by atoms with van der Waals surface area (Å²) in [6.45, 7) is 5.02. The summed E-state index contributed by atoms with van der Waals surface area (Å²) >= 11 is 0. The number of hydrogen-bond donors (Lipinski definition) is 0. The molecule has 1 aliphatic heterocycles. The molecule has 0 bridgehead atoms. The largest absolute Gasteiger partial charge is 0.490 e. The second-order valence-corrected chi connectivity index (χ2v) is 2.92. The third-order valence-electron chi connectivity index (χ3n) is 1.98. The van der Waals surface area contributed by atoms with E-state index in [0.717, 1.165) is 6.42 Å². The number of rotatable bonds is 5. The standard InChI is InChI=1S/C10H16O3/c1-3-8(12-4-2)10(11)9-6-5-7-13-9/h6,8H,3-5,7H2,1-2H3. The predicted molar refractivity (Wildman–Crippen MR) is 49.4 cm³/mol. The molecule has 1 heterocycles. The summed E-state index contributed by atoms with van der Waals surface area (Å²) in [5, 5.41) is 0. The Hall–Kier alpha value is -0.830. The summed E-state index contributed by atoms with van der Waals surface area (Å²) in [5.41, 5.74) is 0. The molecular weight excluding hydrogens is 168 g/mol. The van der Waals surface area contributed by atoms with Crippen LogP contribution in [0.5, 0.6) is 0 Å². The highest BCUT2D eigenvalue weighted by Gasteiger charge is 2.23. The molecule has 0 fully saturated rings. The third-order valence-corrected chi connectivity index (χ3v) is 1.98. The van der Waals surface area contributed by atoms with E-state index < -0.39 is 0 Å². The van der Waals surface area contributed by atoms with Gasteiger partial charge in [-0.1, -0.05) is 6.92 Å². The average molecular weight is 184 g/mol. The van der Waals surface area contributed by atoms with Crippen molar-refractivity contribution in [2.45, 2.75) is 32.8 Å². The molecule has 0 saturated carbocycles. The van der Waals surface area contributed by atoms with Crippen LogP contribution < -0.4 is 0 Å². The van der Waals surface area contributed by atoms with E-state index in [0.29, 0.717) is 25.4 Å². The van der Waals surface area contributed by atoms with E-state index in [9.17, 15) is 4.79 Å². The lowest BCUT2D eigenvalue weighted by Gasteiger charge is -2.13. The van der Waals surface area contributed by atoms with Crippen LogP contribution >= 0.6 is 0 Å². The molecule has 13 heavy (non-hydrogen) atoms. The quantitative estimate of drug-likeness (QED) is 0.652. The van der Waals surface area contributed by atoms with Gasteiger partial charge in [0.1, 0.15) is 6.10 Å². The number of hydrogen-bond acceptors (Lipinski definition) is 3. The lowest BCUT2D eigenvalue weighted by molar-refractivity contribution is -0.129. The maximum Gasteiger partial charge on any atom is 0.225 e. The van der Waals surface area contributed by atoms with E-state index in [1.54, 1.807) is 0 Å². The zero-order chi connectivity index (χ0) is 9.68. The summed E-state index contributed by atoms with van der Waals surface area (Å²) in [6.07, 6.45) is 3.05. The van der Waals surface area contributed by atoms with Gasteiger partial charge in [0.25, 0.3) is 0 Å². The number of ether oxygens (including phenoxy) is 2. The molecule has 1 atom stereocenters. The van der Waals surface area contributed by atoms with Crippen molar-refractivity contribution in [1.82, 2.24) is 0 Å². The van der Waals surface area contributed by atoms with Gasteiger partial charge in [-0.2, -0.15) is 0 Å². The lowest BCUT2D eigenvalue weighted by Crippen LogP contribution is -2.25. The molecule has 0 aromatic heterocycles. The Morgan fingerprint density at radius 2 is 2.46 bits per heavy atom. The molecule has 74 valence electrons. The highest BCUT2D eigenvalue weighted by atomic mass is 16.5. The van der Waals surface area contributed by atoms with Crippen LogP contribution in [0.2, 0.25) is 0 Å². The summed E-state index contributed by atoms with van der Waals surface area (Å²) in [5.74, 6) is 0.474. The van der Waals surface area contributed by atoms with Crippen LogP contribution in [-0.2, 0) is 14.3 Å². The number of ketones is 1. The molecule has 1 aliphatic rings. The van der Waals surface area contributed by atoms with Gasteiger partial charge in [0.15, 0.2) is 5.76 Å². The number of carbonyl (C=O) groups is 1. The van der Waals surface area contributed by atoms with E-state index >= 15 is 0 Å². The minimum Gasteiger partial charge on any atom is -0.490 e. The van der Waals surface area contributed by atoms with Crippen LogP contribution in [0.15, 0.2) is 11.8 Å². The first-order valence-electron chi connectivity index (χ1n) is 4.78. The highest BCUT2D eigenvalue weighted by Crippen LogP contribution is 2.14. The van der Waals surface area contributed by atoms with E-state index in [-0.39, 0.29) is 11.9 Å². The molecule has 1 unspecified atom stereocenters. The Kier molecular flexibility index (Phi) is 3.96. The fourth-order valence-corrected chi connectivity index (χ4v) is 1.33. The smallest absolute Gasteiger partial charge is 0.225 e. The molecule has 3 heteroatoms. The number of carbonyl (C=O) groups excluding carboxylic acids is 1. The first-order chi connectivity index (χ1) is 6.29. The van der Waals surface area contributed by atoms with Crippen LogP contribution in [-0.4, -0.2) is 25.1 Å². The Balaban J connectivity index is 2.52. The third kappa shape index (κ3) is 2.56. The lowest BCUT2D eigenvalue weighted by atomic mass is 10.1. The second-order valence-electron chi connectivity index (χ2n) is 2.92.